The van der Waals surface area contributed by atoms with Gasteiger partial charge in [-0.25, -0.2) is 4.18 Å². The normalized spacial score (nSPS) is 10.9. The second-order valence-corrected chi connectivity index (χ2v) is 3.76. The van der Waals surface area contributed by atoms with Crippen molar-refractivity contribution in [2.75, 3.05) is 6.61 Å². The quantitative estimate of drug-likeness (QED) is 0.394. The van der Waals surface area contributed by atoms with Gasteiger partial charge < -0.3 is 0 Å². The van der Waals surface area contributed by atoms with Crippen LogP contribution in [0.15, 0.2) is 0 Å². The van der Waals surface area contributed by atoms with Crippen molar-refractivity contribution in [1.29, 1.82) is 0 Å². The van der Waals surface area contributed by atoms with Crippen LogP contribution >= 0.6 is 0 Å². The van der Waals surface area contributed by atoms with E-state index in [1.165, 1.54) is 0 Å². The summed E-state index contributed by atoms with van der Waals surface area (Å²) in [5.74, 6) is 0. The van der Waals surface area contributed by atoms with Gasteiger partial charge in [-0.1, -0.05) is 32.6 Å². The van der Waals surface area contributed by atoms with Crippen LogP contribution in [0.1, 0.15) is 39.0 Å². The maximum atomic E-state index is 10.1. The molecule has 0 aliphatic rings. The van der Waals surface area contributed by atoms with Crippen LogP contribution in [-0.4, -0.2) is 42.6 Å². The lowest BCUT2D eigenvalue weighted by atomic mass is 10.2. The molecule has 0 fully saturated rings. The Balaban J connectivity index is 0. The highest BCUT2D eigenvalue weighted by atomic mass is 32.3. The molecule has 0 bridgehead atoms. The minimum Gasteiger partial charge on any atom is -0.264 e. The van der Waals surface area contributed by atoms with E-state index in [4.69, 9.17) is 4.55 Å². The number of unbranched alkanes of at least 4 members (excludes halogenated alkanes) is 4. The Morgan fingerprint density at radius 2 is 1.69 bits per heavy atom. The molecule has 0 atom stereocenters. The van der Waals surface area contributed by atoms with E-state index in [1.54, 1.807) is 0 Å². The first-order chi connectivity index (χ1) is 5.56. The molecular formula is C7H18MgO4S. The molecule has 0 radical (unpaired) electrons. The van der Waals surface area contributed by atoms with Gasteiger partial charge in [0, 0.05) is 0 Å². The molecule has 0 heterocycles. The number of rotatable bonds is 7. The molecule has 0 aliphatic carbocycles. The fraction of sp³-hybridized carbons (Fsp3) is 1.00. The van der Waals surface area contributed by atoms with Crippen molar-refractivity contribution in [3.8, 4) is 0 Å². The largest absolute Gasteiger partial charge is 0.397 e. The Kier molecular flexibility index (Phi) is 11.4. The van der Waals surface area contributed by atoms with Gasteiger partial charge in [-0.15, -0.1) is 0 Å². The first-order valence-electron chi connectivity index (χ1n) is 4.18. The van der Waals surface area contributed by atoms with Gasteiger partial charge in [0.05, 0.1) is 6.61 Å². The van der Waals surface area contributed by atoms with Crippen LogP contribution in [0.25, 0.3) is 0 Å². The summed E-state index contributed by atoms with van der Waals surface area (Å²) in [4.78, 5) is 0. The molecule has 0 saturated heterocycles. The van der Waals surface area contributed by atoms with Crippen LogP contribution in [0.5, 0.6) is 0 Å². The molecule has 78 valence electrons. The second kappa shape index (κ2) is 9.20. The molecule has 6 heteroatoms. The van der Waals surface area contributed by atoms with E-state index in [0.717, 1.165) is 25.7 Å². The van der Waals surface area contributed by atoms with Crippen LogP contribution < -0.4 is 0 Å². The van der Waals surface area contributed by atoms with E-state index in [0.29, 0.717) is 6.42 Å². The van der Waals surface area contributed by atoms with E-state index in [2.05, 4.69) is 11.1 Å². The van der Waals surface area contributed by atoms with E-state index in [9.17, 15) is 8.42 Å². The lowest BCUT2D eigenvalue weighted by molar-refractivity contribution is 0.261. The summed E-state index contributed by atoms with van der Waals surface area (Å²) in [6, 6.07) is 0. The summed E-state index contributed by atoms with van der Waals surface area (Å²) in [7, 11) is -4.22. The predicted molar refractivity (Wildman–Crippen MR) is 54.8 cm³/mol. The minimum absolute atomic E-state index is 0. The summed E-state index contributed by atoms with van der Waals surface area (Å²) in [5.41, 5.74) is 0. The maximum absolute atomic E-state index is 10.1. The zero-order valence-corrected chi connectivity index (χ0v) is 8.14. The molecule has 4 nitrogen and oxygen atoms in total. The van der Waals surface area contributed by atoms with Gasteiger partial charge in [-0.3, -0.25) is 4.55 Å². The van der Waals surface area contributed by atoms with Gasteiger partial charge in [0.15, 0.2) is 0 Å². The number of hydrogen-bond donors (Lipinski definition) is 1. The summed E-state index contributed by atoms with van der Waals surface area (Å²) in [6.07, 6.45) is 5.03. The van der Waals surface area contributed by atoms with E-state index >= 15 is 0 Å². The third-order valence-corrected chi connectivity index (χ3v) is 1.94. The molecule has 0 spiro atoms. The molecule has 13 heavy (non-hydrogen) atoms. The SMILES string of the molecule is CCCCCCCOS(=O)(=O)O.[MgH2]. The third kappa shape index (κ3) is 15.4. The molecule has 0 aromatic heterocycles. The zero-order chi connectivity index (χ0) is 9.45. The molecule has 0 unspecified atom stereocenters. The first-order valence-corrected chi connectivity index (χ1v) is 5.54. The molecule has 0 aromatic rings. The van der Waals surface area contributed by atoms with Gasteiger partial charge in [-0.2, -0.15) is 8.42 Å². The van der Waals surface area contributed by atoms with Crippen LogP contribution in [0, 0.1) is 0 Å². The van der Waals surface area contributed by atoms with Gasteiger partial charge >= 0.3 is 33.5 Å². The van der Waals surface area contributed by atoms with Crippen LogP contribution in [0.4, 0.5) is 0 Å². The van der Waals surface area contributed by atoms with E-state index in [-0.39, 0.29) is 29.7 Å². The fourth-order valence-corrected chi connectivity index (χ4v) is 1.20. The molecule has 0 saturated carbocycles. The van der Waals surface area contributed by atoms with Crippen molar-refractivity contribution in [2.45, 2.75) is 39.0 Å². The molecular weight excluding hydrogens is 204 g/mol. The summed E-state index contributed by atoms with van der Waals surface area (Å²) >= 11 is 0. The Morgan fingerprint density at radius 1 is 1.15 bits per heavy atom. The molecule has 0 amide bonds. The first kappa shape index (κ1) is 16.1. The minimum atomic E-state index is -4.22. The Morgan fingerprint density at radius 3 is 2.15 bits per heavy atom. The van der Waals surface area contributed by atoms with Crippen LogP contribution in [0.3, 0.4) is 0 Å². The highest BCUT2D eigenvalue weighted by molar-refractivity contribution is 7.80. The summed E-state index contributed by atoms with van der Waals surface area (Å²) in [6.45, 7) is 2.19. The molecule has 0 aliphatic heterocycles. The number of hydrogen-bond acceptors (Lipinski definition) is 3. The summed E-state index contributed by atoms with van der Waals surface area (Å²) in [5, 5.41) is 0. The van der Waals surface area contributed by atoms with Crippen LogP contribution in [-0.2, 0) is 14.6 Å². The average Bonchev–Trinajstić information content (AvgIpc) is 1.94. The van der Waals surface area contributed by atoms with Crippen molar-refractivity contribution in [3.05, 3.63) is 0 Å². The zero-order valence-electron chi connectivity index (χ0n) is 7.32. The highest BCUT2D eigenvalue weighted by Crippen LogP contribution is 2.02. The lowest BCUT2D eigenvalue weighted by Gasteiger charge is -1.99. The van der Waals surface area contributed by atoms with Crippen molar-refractivity contribution in [2.24, 2.45) is 0 Å². The topological polar surface area (TPSA) is 63.6 Å². The van der Waals surface area contributed by atoms with Crippen molar-refractivity contribution < 1.29 is 17.2 Å². The van der Waals surface area contributed by atoms with Crippen molar-refractivity contribution in [1.82, 2.24) is 0 Å². The Labute approximate surface area is 96.1 Å². The Bertz CT molecular complexity index is 191. The van der Waals surface area contributed by atoms with Gasteiger partial charge in [0.1, 0.15) is 0 Å². The molecule has 0 rings (SSSR count). The van der Waals surface area contributed by atoms with Crippen molar-refractivity contribution >= 4 is 33.5 Å². The molecule has 1 N–H and O–H groups in total. The smallest absolute Gasteiger partial charge is 0.264 e. The van der Waals surface area contributed by atoms with Gasteiger partial charge in [-0.05, 0) is 6.42 Å². The van der Waals surface area contributed by atoms with Crippen LogP contribution in [0.2, 0.25) is 0 Å². The van der Waals surface area contributed by atoms with E-state index < -0.39 is 10.4 Å². The Hall–Kier alpha value is 0.636. The second-order valence-electron chi connectivity index (χ2n) is 2.66. The summed E-state index contributed by atoms with van der Waals surface area (Å²) < 4.78 is 32.4. The predicted octanol–water partition coefficient (Wildman–Crippen LogP) is 0.860. The van der Waals surface area contributed by atoms with E-state index in [1.807, 2.05) is 0 Å². The average molecular weight is 223 g/mol. The standard InChI is InChI=1S/C7H16O4S.Mg.2H/c1-2-3-4-5-6-7-11-12(8,9)10;;;/h2-7H2,1H3,(H,8,9,10);;;. The highest BCUT2D eigenvalue weighted by Gasteiger charge is 2.02. The monoisotopic (exact) mass is 222 g/mol. The third-order valence-electron chi connectivity index (χ3n) is 1.48. The fourth-order valence-electron chi connectivity index (χ4n) is 0.870. The van der Waals surface area contributed by atoms with Gasteiger partial charge in [0.2, 0.25) is 0 Å². The van der Waals surface area contributed by atoms with Crippen molar-refractivity contribution in [3.63, 3.8) is 0 Å². The maximum Gasteiger partial charge on any atom is 0.397 e. The van der Waals surface area contributed by atoms with Gasteiger partial charge in [0.25, 0.3) is 0 Å². The lowest BCUT2D eigenvalue weighted by Crippen LogP contribution is -2.04. The molecule has 0 aromatic carbocycles.